The Bertz CT molecular complexity index is 177. The van der Waals surface area contributed by atoms with E-state index in [1.54, 1.807) is 0 Å². The Morgan fingerprint density at radius 3 is 2.62 bits per heavy atom. The molecule has 0 aromatic rings. The summed E-state index contributed by atoms with van der Waals surface area (Å²) in [6.45, 7) is 11.0. The van der Waals surface area contributed by atoms with E-state index in [2.05, 4.69) is 33.4 Å². The molecule has 1 saturated heterocycles. The van der Waals surface area contributed by atoms with Crippen molar-refractivity contribution in [1.29, 1.82) is 0 Å². The first-order valence-electron chi connectivity index (χ1n) is 5.04. The summed E-state index contributed by atoms with van der Waals surface area (Å²) in [7, 11) is 4.05. The zero-order valence-electron chi connectivity index (χ0n) is 8.88. The molecule has 0 aliphatic carbocycles. The van der Waals surface area contributed by atoms with E-state index in [9.17, 15) is 0 Å². The van der Waals surface area contributed by atoms with Gasteiger partial charge in [-0.15, -0.1) is 6.58 Å². The second-order valence-corrected chi connectivity index (χ2v) is 6.64. The highest BCUT2D eigenvalue weighted by Crippen LogP contribution is 2.51. The van der Waals surface area contributed by atoms with E-state index in [0.29, 0.717) is 11.3 Å². The van der Waals surface area contributed by atoms with E-state index < -0.39 is 0 Å². The molecule has 0 saturated carbocycles. The van der Waals surface area contributed by atoms with Gasteiger partial charge in [0.1, 0.15) is 0 Å². The van der Waals surface area contributed by atoms with E-state index in [1.165, 1.54) is 17.9 Å². The molecule has 0 aromatic carbocycles. The second-order valence-electron chi connectivity index (χ2n) is 4.13. The van der Waals surface area contributed by atoms with Gasteiger partial charge in [-0.2, -0.15) is 0 Å². The lowest BCUT2D eigenvalue weighted by Gasteiger charge is -2.45. The van der Waals surface area contributed by atoms with Gasteiger partial charge in [0.15, 0.2) is 0 Å². The normalized spacial score (nSPS) is 34.9. The molecule has 76 valence electrons. The van der Waals surface area contributed by atoms with Gasteiger partial charge in [-0.1, -0.05) is 48.4 Å². The Morgan fingerprint density at radius 1 is 1.54 bits per heavy atom. The first-order chi connectivity index (χ1) is 6.17. The van der Waals surface area contributed by atoms with Gasteiger partial charge in [0.05, 0.1) is 0 Å². The predicted molar refractivity (Wildman–Crippen MR) is 66.2 cm³/mol. The lowest BCUT2D eigenvalue weighted by atomic mass is 9.68. The van der Waals surface area contributed by atoms with E-state index in [1.807, 2.05) is 21.6 Å². The lowest BCUT2D eigenvalue weighted by Crippen LogP contribution is -2.39. The van der Waals surface area contributed by atoms with Crippen LogP contribution in [0, 0.1) is 17.3 Å². The van der Waals surface area contributed by atoms with Gasteiger partial charge >= 0.3 is 0 Å². The highest BCUT2D eigenvalue weighted by atomic mass is 33.1. The van der Waals surface area contributed by atoms with Crippen molar-refractivity contribution < 1.29 is 0 Å². The van der Waals surface area contributed by atoms with Gasteiger partial charge in [-0.05, 0) is 23.7 Å². The van der Waals surface area contributed by atoms with Crippen molar-refractivity contribution in [3.05, 3.63) is 12.7 Å². The first-order valence-corrected chi connectivity index (χ1v) is 7.53. The van der Waals surface area contributed by atoms with Crippen molar-refractivity contribution in [2.45, 2.75) is 27.2 Å². The molecule has 1 aliphatic heterocycles. The fraction of sp³-hybridized carbons (Fsp3) is 0.818. The lowest BCUT2D eigenvalue weighted by molar-refractivity contribution is 0.158. The van der Waals surface area contributed by atoms with Crippen LogP contribution < -0.4 is 0 Å². The fourth-order valence-corrected chi connectivity index (χ4v) is 5.62. The Balaban J connectivity index is 2.84. The van der Waals surface area contributed by atoms with Gasteiger partial charge in [0.25, 0.3) is 0 Å². The summed E-state index contributed by atoms with van der Waals surface area (Å²) in [6.07, 6.45) is 3.46. The minimum atomic E-state index is 0.512. The van der Waals surface area contributed by atoms with Crippen LogP contribution in [0.15, 0.2) is 12.7 Å². The van der Waals surface area contributed by atoms with Gasteiger partial charge in [-0.25, -0.2) is 0 Å². The summed E-state index contributed by atoms with van der Waals surface area (Å²) in [5.41, 5.74) is 0.512. The molecule has 0 N–H and O–H groups in total. The molecular formula is C11H20S2. The van der Waals surface area contributed by atoms with Crippen molar-refractivity contribution in [2.75, 3.05) is 11.5 Å². The van der Waals surface area contributed by atoms with E-state index in [0.717, 1.165) is 5.92 Å². The van der Waals surface area contributed by atoms with Crippen LogP contribution in [0.2, 0.25) is 0 Å². The molecule has 0 aromatic heterocycles. The first kappa shape index (κ1) is 11.5. The average molecular weight is 216 g/mol. The largest absolute Gasteiger partial charge is 0.103 e. The maximum absolute atomic E-state index is 3.99. The molecule has 2 unspecified atom stereocenters. The van der Waals surface area contributed by atoms with Crippen LogP contribution >= 0.6 is 21.6 Å². The molecule has 2 heteroatoms. The maximum Gasteiger partial charge on any atom is 0.0106 e. The number of hydrogen-bond acceptors (Lipinski definition) is 2. The van der Waals surface area contributed by atoms with Gasteiger partial charge < -0.3 is 0 Å². The monoisotopic (exact) mass is 216 g/mol. The van der Waals surface area contributed by atoms with Crippen LogP contribution in [0.25, 0.3) is 0 Å². The Labute approximate surface area is 90.3 Å². The second kappa shape index (κ2) is 4.79. The van der Waals surface area contributed by atoms with Crippen molar-refractivity contribution in [3.8, 4) is 0 Å². The molecule has 1 rings (SSSR count). The Hall–Kier alpha value is 0.440. The summed E-state index contributed by atoms with van der Waals surface area (Å²) in [5.74, 6) is 4.03. The minimum Gasteiger partial charge on any atom is -0.103 e. The molecule has 1 fully saturated rings. The molecule has 2 atom stereocenters. The van der Waals surface area contributed by atoms with Crippen LogP contribution in [-0.4, -0.2) is 11.5 Å². The molecule has 0 nitrogen and oxygen atoms in total. The van der Waals surface area contributed by atoms with Gasteiger partial charge in [0, 0.05) is 11.5 Å². The molecule has 0 radical (unpaired) electrons. The highest BCUT2D eigenvalue weighted by Gasteiger charge is 2.40. The van der Waals surface area contributed by atoms with E-state index >= 15 is 0 Å². The smallest absolute Gasteiger partial charge is 0.0106 e. The van der Waals surface area contributed by atoms with Crippen LogP contribution in [0.4, 0.5) is 0 Å². The summed E-state index contributed by atoms with van der Waals surface area (Å²) >= 11 is 0. The zero-order valence-corrected chi connectivity index (χ0v) is 10.5. The third-order valence-corrected chi connectivity index (χ3v) is 6.07. The minimum absolute atomic E-state index is 0.512. The van der Waals surface area contributed by atoms with Crippen LogP contribution in [-0.2, 0) is 0 Å². The molecule has 0 amide bonds. The number of rotatable bonds is 3. The molecule has 1 heterocycles. The quantitative estimate of drug-likeness (QED) is 0.511. The Kier molecular flexibility index (Phi) is 4.24. The SMILES string of the molecule is C=CC1CSSCC1(CC)C(C)C. The zero-order chi connectivity index (χ0) is 9.90. The maximum atomic E-state index is 3.99. The topological polar surface area (TPSA) is 0 Å². The van der Waals surface area contributed by atoms with Crippen molar-refractivity contribution in [2.24, 2.45) is 17.3 Å². The third-order valence-electron chi connectivity index (χ3n) is 3.49. The van der Waals surface area contributed by atoms with Crippen molar-refractivity contribution in [3.63, 3.8) is 0 Å². The third kappa shape index (κ3) is 2.10. The summed E-state index contributed by atoms with van der Waals surface area (Å²) in [6, 6.07) is 0. The average Bonchev–Trinajstić information content (AvgIpc) is 2.17. The van der Waals surface area contributed by atoms with Crippen LogP contribution in [0.1, 0.15) is 27.2 Å². The molecule has 1 aliphatic rings. The summed E-state index contributed by atoms with van der Waals surface area (Å²) in [4.78, 5) is 0. The highest BCUT2D eigenvalue weighted by molar-refractivity contribution is 8.76. The molecule has 0 bridgehead atoms. The van der Waals surface area contributed by atoms with E-state index in [4.69, 9.17) is 0 Å². The Morgan fingerprint density at radius 2 is 2.23 bits per heavy atom. The standard InChI is InChI=1S/C11H20S2/c1-5-10-7-12-13-8-11(10,6-2)9(3)4/h5,9-10H,1,6-8H2,2-4H3. The fourth-order valence-electron chi connectivity index (χ4n) is 2.22. The van der Waals surface area contributed by atoms with Gasteiger partial charge in [-0.3, -0.25) is 0 Å². The number of allylic oxidation sites excluding steroid dienone is 1. The summed E-state index contributed by atoms with van der Waals surface area (Å²) in [5, 5.41) is 0. The molecule has 13 heavy (non-hydrogen) atoms. The predicted octanol–water partition coefficient (Wildman–Crippen LogP) is 4.24. The summed E-state index contributed by atoms with van der Waals surface area (Å²) < 4.78 is 0. The van der Waals surface area contributed by atoms with Gasteiger partial charge in [0.2, 0.25) is 0 Å². The van der Waals surface area contributed by atoms with Crippen LogP contribution in [0.3, 0.4) is 0 Å². The molecule has 0 spiro atoms. The number of hydrogen-bond donors (Lipinski definition) is 0. The van der Waals surface area contributed by atoms with Crippen LogP contribution in [0.5, 0.6) is 0 Å². The van der Waals surface area contributed by atoms with Crippen molar-refractivity contribution >= 4 is 21.6 Å². The van der Waals surface area contributed by atoms with E-state index in [-0.39, 0.29) is 0 Å². The molecular weight excluding hydrogens is 196 g/mol. The van der Waals surface area contributed by atoms with Crippen molar-refractivity contribution in [1.82, 2.24) is 0 Å².